The predicted molar refractivity (Wildman–Crippen MR) is 95.2 cm³/mol. The van der Waals surface area contributed by atoms with Crippen molar-refractivity contribution < 1.29 is 28.2 Å². The molecule has 1 rings (SSSR count). The summed E-state index contributed by atoms with van der Waals surface area (Å²) < 4.78 is 38.6. The van der Waals surface area contributed by atoms with Crippen molar-refractivity contribution in [3.05, 3.63) is 35.4 Å². The van der Waals surface area contributed by atoms with Crippen LogP contribution in [-0.2, 0) is 0 Å². The van der Waals surface area contributed by atoms with Crippen molar-refractivity contribution in [2.24, 2.45) is 5.92 Å². The van der Waals surface area contributed by atoms with Gasteiger partial charge in [0.15, 0.2) is 0 Å². The number of hydrogen-bond donors (Lipinski definition) is 2. The first-order chi connectivity index (χ1) is 12.1. The van der Waals surface area contributed by atoms with Crippen molar-refractivity contribution in [2.75, 3.05) is 0 Å². The SMILES string of the molecule is CC(C)CCCCCC(O)C(c1ccccc1C(=O)C(F)(F)F)C(C)O. The molecular formula is C20H29F3O3. The average Bonchev–Trinajstić information content (AvgIpc) is 2.53. The van der Waals surface area contributed by atoms with Crippen LogP contribution in [0.25, 0.3) is 0 Å². The Kier molecular flexibility index (Phi) is 8.77. The fourth-order valence-corrected chi connectivity index (χ4v) is 3.20. The van der Waals surface area contributed by atoms with Gasteiger partial charge in [-0.05, 0) is 24.8 Å². The van der Waals surface area contributed by atoms with Crippen LogP contribution in [0.15, 0.2) is 24.3 Å². The van der Waals surface area contributed by atoms with Crippen LogP contribution in [0.3, 0.4) is 0 Å². The smallest absolute Gasteiger partial charge is 0.393 e. The summed E-state index contributed by atoms with van der Waals surface area (Å²) in [4.78, 5) is 11.7. The largest absolute Gasteiger partial charge is 0.454 e. The molecule has 0 amide bonds. The second kappa shape index (κ2) is 10.1. The Morgan fingerprint density at radius 3 is 2.12 bits per heavy atom. The third-order valence-corrected chi connectivity index (χ3v) is 4.54. The van der Waals surface area contributed by atoms with Gasteiger partial charge in [-0.2, -0.15) is 13.2 Å². The first-order valence-electron chi connectivity index (χ1n) is 9.12. The molecular weight excluding hydrogens is 345 g/mol. The second-order valence-electron chi connectivity index (χ2n) is 7.28. The number of unbranched alkanes of at least 4 members (excludes halogenated alkanes) is 2. The summed E-state index contributed by atoms with van der Waals surface area (Å²) in [6.07, 6.45) is -3.01. The van der Waals surface area contributed by atoms with Gasteiger partial charge in [-0.15, -0.1) is 0 Å². The highest BCUT2D eigenvalue weighted by atomic mass is 19.4. The van der Waals surface area contributed by atoms with E-state index in [1.807, 2.05) is 0 Å². The first-order valence-corrected chi connectivity index (χ1v) is 9.12. The Balaban J connectivity index is 2.92. The predicted octanol–water partition coefficient (Wildman–Crippen LogP) is 4.86. The third-order valence-electron chi connectivity index (χ3n) is 4.54. The summed E-state index contributed by atoms with van der Waals surface area (Å²) in [5, 5.41) is 20.6. The van der Waals surface area contributed by atoms with E-state index in [4.69, 9.17) is 0 Å². The summed E-state index contributed by atoms with van der Waals surface area (Å²) in [6.45, 7) is 5.68. The minimum absolute atomic E-state index is 0.0412. The molecule has 0 heterocycles. The molecule has 1 aromatic rings. The molecule has 0 aromatic heterocycles. The Labute approximate surface area is 153 Å². The van der Waals surface area contributed by atoms with E-state index in [1.165, 1.54) is 25.1 Å². The van der Waals surface area contributed by atoms with Crippen LogP contribution in [-0.4, -0.2) is 34.4 Å². The number of aliphatic hydroxyl groups excluding tert-OH is 2. The van der Waals surface area contributed by atoms with Crippen LogP contribution in [0.5, 0.6) is 0 Å². The Morgan fingerprint density at radius 2 is 1.58 bits per heavy atom. The van der Waals surface area contributed by atoms with E-state index in [9.17, 15) is 28.2 Å². The first kappa shape index (κ1) is 22.6. The van der Waals surface area contributed by atoms with Gasteiger partial charge < -0.3 is 10.2 Å². The maximum atomic E-state index is 12.9. The van der Waals surface area contributed by atoms with Gasteiger partial charge in [-0.1, -0.05) is 63.8 Å². The van der Waals surface area contributed by atoms with Crippen LogP contribution in [0.2, 0.25) is 0 Å². The van der Waals surface area contributed by atoms with Crippen molar-refractivity contribution in [1.82, 2.24) is 0 Å². The molecule has 0 fully saturated rings. The number of ketones is 1. The number of hydrogen-bond acceptors (Lipinski definition) is 3. The molecule has 6 heteroatoms. The van der Waals surface area contributed by atoms with Crippen molar-refractivity contribution in [1.29, 1.82) is 0 Å². The second-order valence-corrected chi connectivity index (χ2v) is 7.28. The number of aliphatic hydroxyl groups is 2. The molecule has 0 aliphatic rings. The summed E-state index contributed by atoms with van der Waals surface area (Å²) in [5.41, 5.74) is -0.468. The van der Waals surface area contributed by atoms with Gasteiger partial charge in [-0.3, -0.25) is 4.79 Å². The van der Waals surface area contributed by atoms with Gasteiger partial charge in [-0.25, -0.2) is 0 Å². The third kappa shape index (κ3) is 6.72. The Bertz CT molecular complexity index is 568. The highest BCUT2D eigenvalue weighted by Gasteiger charge is 2.42. The molecule has 3 atom stereocenters. The summed E-state index contributed by atoms with van der Waals surface area (Å²) in [7, 11) is 0. The standard InChI is InChI=1S/C20H29F3O3/c1-13(2)9-5-4-6-12-17(25)18(14(3)24)15-10-7-8-11-16(15)19(26)20(21,22)23/h7-8,10-11,13-14,17-18,24-25H,4-6,9,12H2,1-3H3. The quantitative estimate of drug-likeness (QED) is 0.454. The maximum Gasteiger partial charge on any atom is 0.454 e. The number of rotatable bonds is 10. The van der Waals surface area contributed by atoms with Gasteiger partial charge in [0.1, 0.15) is 0 Å². The average molecular weight is 374 g/mol. The summed E-state index contributed by atoms with van der Waals surface area (Å²) in [5.74, 6) is -2.30. The molecule has 0 aliphatic carbocycles. The number of carbonyl (C=O) groups is 1. The molecule has 3 nitrogen and oxygen atoms in total. The van der Waals surface area contributed by atoms with Crippen LogP contribution >= 0.6 is 0 Å². The summed E-state index contributed by atoms with van der Waals surface area (Å²) >= 11 is 0. The monoisotopic (exact) mass is 374 g/mol. The summed E-state index contributed by atoms with van der Waals surface area (Å²) in [6, 6.07) is 5.32. The molecule has 0 radical (unpaired) electrons. The molecule has 0 spiro atoms. The van der Waals surface area contributed by atoms with E-state index in [1.54, 1.807) is 0 Å². The van der Waals surface area contributed by atoms with Gasteiger partial charge in [0, 0.05) is 11.5 Å². The van der Waals surface area contributed by atoms with Gasteiger partial charge >= 0.3 is 6.18 Å². The van der Waals surface area contributed by atoms with Crippen molar-refractivity contribution >= 4 is 5.78 Å². The molecule has 26 heavy (non-hydrogen) atoms. The molecule has 3 unspecified atom stereocenters. The molecule has 0 aliphatic heterocycles. The van der Waals surface area contributed by atoms with E-state index >= 15 is 0 Å². The van der Waals surface area contributed by atoms with Crippen molar-refractivity contribution in [3.8, 4) is 0 Å². The lowest BCUT2D eigenvalue weighted by Crippen LogP contribution is -2.31. The number of carbonyl (C=O) groups excluding carboxylic acids is 1. The van der Waals surface area contributed by atoms with E-state index < -0.39 is 35.6 Å². The van der Waals surface area contributed by atoms with E-state index in [0.29, 0.717) is 18.8 Å². The fraction of sp³-hybridized carbons (Fsp3) is 0.650. The number of benzene rings is 1. The van der Waals surface area contributed by atoms with E-state index in [0.717, 1.165) is 25.3 Å². The zero-order valence-electron chi connectivity index (χ0n) is 15.6. The lowest BCUT2D eigenvalue weighted by atomic mass is 9.83. The Morgan fingerprint density at radius 1 is 1.00 bits per heavy atom. The van der Waals surface area contributed by atoms with Crippen molar-refractivity contribution in [3.63, 3.8) is 0 Å². The van der Waals surface area contributed by atoms with E-state index in [-0.39, 0.29) is 5.56 Å². The van der Waals surface area contributed by atoms with E-state index in [2.05, 4.69) is 13.8 Å². The minimum Gasteiger partial charge on any atom is -0.393 e. The molecule has 1 aromatic carbocycles. The maximum absolute atomic E-state index is 12.9. The molecule has 2 N–H and O–H groups in total. The van der Waals surface area contributed by atoms with Crippen LogP contribution in [0.1, 0.15) is 74.7 Å². The molecule has 0 saturated heterocycles. The van der Waals surface area contributed by atoms with Crippen molar-refractivity contribution in [2.45, 2.75) is 77.2 Å². The normalized spacial score (nSPS) is 15.7. The topological polar surface area (TPSA) is 57.5 Å². The lowest BCUT2D eigenvalue weighted by molar-refractivity contribution is -0.0887. The van der Waals surface area contributed by atoms with Gasteiger partial charge in [0.2, 0.25) is 0 Å². The highest BCUT2D eigenvalue weighted by Crippen LogP contribution is 2.33. The Hall–Kier alpha value is -1.40. The van der Waals surface area contributed by atoms with Crippen LogP contribution in [0, 0.1) is 5.92 Å². The number of alkyl halides is 3. The molecule has 0 saturated carbocycles. The highest BCUT2D eigenvalue weighted by molar-refractivity contribution is 6.01. The zero-order valence-corrected chi connectivity index (χ0v) is 15.6. The molecule has 148 valence electrons. The zero-order chi connectivity index (χ0) is 19.9. The molecule has 0 bridgehead atoms. The minimum atomic E-state index is -5.00. The number of Topliss-reactive ketones (excluding diaryl/α,β-unsaturated/α-hetero) is 1. The number of halogens is 3. The van der Waals surface area contributed by atoms with Gasteiger partial charge in [0.05, 0.1) is 12.2 Å². The van der Waals surface area contributed by atoms with Crippen LogP contribution < -0.4 is 0 Å². The van der Waals surface area contributed by atoms with Crippen LogP contribution in [0.4, 0.5) is 13.2 Å². The lowest BCUT2D eigenvalue weighted by Gasteiger charge is -2.28. The van der Waals surface area contributed by atoms with Gasteiger partial charge in [0.25, 0.3) is 5.78 Å². The fourth-order valence-electron chi connectivity index (χ4n) is 3.20.